The van der Waals surface area contributed by atoms with E-state index in [4.69, 9.17) is 5.73 Å². The Labute approximate surface area is 186 Å². The Hall–Kier alpha value is -3.62. The van der Waals surface area contributed by atoms with Crippen molar-refractivity contribution in [2.75, 3.05) is 17.2 Å². The topological polar surface area (TPSA) is 119 Å². The van der Waals surface area contributed by atoms with Crippen LogP contribution in [0, 0.1) is 0 Å². The molecule has 0 bridgehead atoms. The standard InChI is InChI=1S/C23H30N6O3/c1-3-5-12-27(20-21(24)28(13-6-4-2)23(32)26-22(20)31)19(30)14-17-15-25-29(16-17)18-10-8-7-9-11-18/h7-11,15-16H,3-6,12-14,24H2,1-2H3,(H,26,31,32). The van der Waals surface area contributed by atoms with Crippen LogP contribution in [-0.4, -0.2) is 31.8 Å². The molecule has 0 radical (unpaired) electrons. The molecule has 3 N–H and O–H groups in total. The zero-order valence-corrected chi connectivity index (χ0v) is 18.6. The van der Waals surface area contributed by atoms with Crippen molar-refractivity contribution in [3.63, 3.8) is 0 Å². The first kappa shape index (κ1) is 23.1. The van der Waals surface area contributed by atoms with E-state index in [1.54, 1.807) is 17.1 Å². The van der Waals surface area contributed by atoms with Crippen LogP contribution < -0.4 is 21.9 Å². The lowest BCUT2D eigenvalue weighted by atomic mass is 10.2. The number of benzene rings is 1. The fourth-order valence-corrected chi connectivity index (χ4v) is 3.50. The lowest BCUT2D eigenvalue weighted by Crippen LogP contribution is -2.42. The zero-order valence-electron chi connectivity index (χ0n) is 18.6. The first-order valence-electron chi connectivity index (χ1n) is 11.0. The highest BCUT2D eigenvalue weighted by Crippen LogP contribution is 2.20. The molecule has 2 aromatic heterocycles. The van der Waals surface area contributed by atoms with Crippen molar-refractivity contribution in [3.8, 4) is 5.69 Å². The Bertz CT molecular complexity index is 1160. The Morgan fingerprint density at radius 3 is 2.53 bits per heavy atom. The van der Waals surface area contributed by atoms with Crippen LogP contribution in [0.25, 0.3) is 5.69 Å². The first-order valence-corrected chi connectivity index (χ1v) is 11.0. The number of rotatable bonds is 10. The fourth-order valence-electron chi connectivity index (χ4n) is 3.50. The van der Waals surface area contributed by atoms with Crippen molar-refractivity contribution in [2.45, 2.75) is 52.5 Å². The lowest BCUT2D eigenvalue weighted by Gasteiger charge is -2.24. The summed E-state index contributed by atoms with van der Waals surface area (Å²) in [6.45, 7) is 4.72. The van der Waals surface area contributed by atoms with Gasteiger partial charge < -0.3 is 10.6 Å². The molecule has 3 rings (SSSR count). The number of anilines is 2. The second-order valence-electron chi connectivity index (χ2n) is 7.70. The van der Waals surface area contributed by atoms with E-state index in [0.717, 1.165) is 30.5 Å². The normalized spacial score (nSPS) is 10.9. The summed E-state index contributed by atoms with van der Waals surface area (Å²) in [4.78, 5) is 41.9. The Morgan fingerprint density at radius 2 is 1.84 bits per heavy atom. The molecule has 1 aromatic carbocycles. The molecule has 2 heterocycles. The van der Waals surface area contributed by atoms with Gasteiger partial charge in [-0.15, -0.1) is 0 Å². The number of aromatic amines is 1. The van der Waals surface area contributed by atoms with Gasteiger partial charge in [-0.25, -0.2) is 9.48 Å². The van der Waals surface area contributed by atoms with Gasteiger partial charge in [0.15, 0.2) is 5.69 Å². The van der Waals surface area contributed by atoms with Gasteiger partial charge in [0.2, 0.25) is 5.91 Å². The third-order valence-electron chi connectivity index (χ3n) is 5.27. The number of nitrogens with one attached hydrogen (secondary N) is 1. The number of H-pyrrole nitrogens is 1. The molecule has 32 heavy (non-hydrogen) atoms. The number of para-hydroxylation sites is 1. The third kappa shape index (κ3) is 5.16. The number of carbonyl (C=O) groups excluding carboxylic acids is 1. The minimum Gasteiger partial charge on any atom is -0.383 e. The maximum absolute atomic E-state index is 13.3. The Morgan fingerprint density at radius 1 is 1.12 bits per heavy atom. The van der Waals surface area contributed by atoms with Gasteiger partial charge in [-0.1, -0.05) is 44.9 Å². The summed E-state index contributed by atoms with van der Waals surface area (Å²) in [7, 11) is 0. The number of carbonyl (C=O) groups is 1. The Kier molecular flexibility index (Phi) is 7.64. The molecule has 170 valence electrons. The summed E-state index contributed by atoms with van der Waals surface area (Å²) < 4.78 is 3.03. The van der Waals surface area contributed by atoms with Crippen molar-refractivity contribution in [1.29, 1.82) is 0 Å². The number of aromatic nitrogens is 4. The van der Waals surface area contributed by atoms with Crippen LogP contribution in [-0.2, 0) is 17.8 Å². The number of nitrogen functional groups attached to an aromatic ring is 1. The SMILES string of the molecule is CCCCN(C(=O)Cc1cnn(-c2ccccc2)c1)c1c(N)n(CCCC)c(=O)[nH]c1=O. The van der Waals surface area contributed by atoms with Crippen LogP contribution in [0.1, 0.15) is 45.1 Å². The summed E-state index contributed by atoms with van der Waals surface area (Å²) in [6, 6.07) is 9.59. The summed E-state index contributed by atoms with van der Waals surface area (Å²) >= 11 is 0. The molecule has 1 amide bonds. The van der Waals surface area contributed by atoms with Crippen molar-refractivity contribution < 1.29 is 4.79 Å². The molecule has 0 aliphatic carbocycles. The van der Waals surface area contributed by atoms with Gasteiger partial charge in [-0.05, 0) is 30.5 Å². The molecule has 9 heteroatoms. The second kappa shape index (κ2) is 10.6. The molecular formula is C23H30N6O3. The number of hydrogen-bond donors (Lipinski definition) is 2. The largest absolute Gasteiger partial charge is 0.383 e. The zero-order chi connectivity index (χ0) is 23.1. The molecule has 0 aliphatic heterocycles. The molecule has 3 aromatic rings. The minimum atomic E-state index is -0.648. The van der Waals surface area contributed by atoms with Gasteiger partial charge in [0.05, 0.1) is 18.3 Å². The van der Waals surface area contributed by atoms with Crippen LogP contribution in [0.3, 0.4) is 0 Å². The van der Waals surface area contributed by atoms with Crippen molar-refractivity contribution in [3.05, 3.63) is 69.1 Å². The molecule has 0 aliphatic rings. The monoisotopic (exact) mass is 438 g/mol. The van der Waals surface area contributed by atoms with Crippen LogP contribution in [0.15, 0.2) is 52.3 Å². The summed E-state index contributed by atoms with van der Waals surface area (Å²) in [5.41, 5.74) is 6.68. The van der Waals surface area contributed by atoms with E-state index in [9.17, 15) is 14.4 Å². The second-order valence-corrected chi connectivity index (χ2v) is 7.70. The number of hydrogen-bond acceptors (Lipinski definition) is 5. The molecule has 0 unspecified atom stereocenters. The van der Waals surface area contributed by atoms with Gasteiger partial charge in [0, 0.05) is 19.3 Å². The third-order valence-corrected chi connectivity index (χ3v) is 5.27. The summed E-state index contributed by atoms with van der Waals surface area (Å²) in [5.74, 6) is -0.249. The van der Waals surface area contributed by atoms with Gasteiger partial charge >= 0.3 is 5.69 Å². The summed E-state index contributed by atoms with van der Waals surface area (Å²) in [5, 5.41) is 4.34. The van der Waals surface area contributed by atoms with E-state index in [1.807, 2.05) is 44.2 Å². The number of nitrogens with zero attached hydrogens (tertiary/aromatic N) is 4. The van der Waals surface area contributed by atoms with Crippen molar-refractivity contribution in [1.82, 2.24) is 19.3 Å². The van der Waals surface area contributed by atoms with E-state index in [1.165, 1.54) is 9.47 Å². The molecule has 9 nitrogen and oxygen atoms in total. The highest BCUT2D eigenvalue weighted by Gasteiger charge is 2.24. The molecule has 0 saturated carbocycles. The minimum absolute atomic E-state index is 0.0247. The predicted molar refractivity (Wildman–Crippen MR) is 125 cm³/mol. The van der Waals surface area contributed by atoms with E-state index in [2.05, 4.69) is 10.1 Å². The summed E-state index contributed by atoms with van der Waals surface area (Å²) in [6.07, 6.45) is 6.62. The van der Waals surface area contributed by atoms with Gasteiger partial charge in [-0.3, -0.25) is 19.1 Å². The smallest absolute Gasteiger partial charge is 0.330 e. The van der Waals surface area contributed by atoms with Crippen molar-refractivity contribution in [2.24, 2.45) is 0 Å². The fraction of sp³-hybridized carbons (Fsp3) is 0.391. The molecule has 0 saturated heterocycles. The highest BCUT2D eigenvalue weighted by molar-refractivity contribution is 5.96. The number of unbranched alkanes of at least 4 members (excludes halogenated alkanes) is 2. The first-order chi connectivity index (χ1) is 15.5. The van der Waals surface area contributed by atoms with Crippen LogP contribution >= 0.6 is 0 Å². The number of amides is 1. The van der Waals surface area contributed by atoms with Crippen molar-refractivity contribution >= 4 is 17.4 Å². The number of nitrogens with two attached hydrogens (primary N) is 1. The molecule has 0 fully saturated rings. The molecular weight excluding hydrogens is 408 g/mol. The highest BCUT2D eigenvalue weighted by atomic mass is 16.2. The van der Waals surface area contributed by atoms with Gasteiger partial charge in [0.25, 0.3) is 5.56 Å². The Balaban J connectivity index is 1.92. The average molecular weight is 439 g/mol. The lowest BCUT2D eigenvalue weighted by molar-refractivity contribution is -0.118. The van der Waals surface area contributed by atoms with E-state index >= 15 is 0 Å². The predicted octanol–water partition coefficient (Wildman–Crippen LogP) is 2.48. The average Bonchev–Trinajstić information content (AvgIpc) is 3.24. The van der Waals surface area contributed by atoms with Gasteiger partial charge in [-0.2, -0.15) is 5.10 Å². The maximum Gasteiger partial charge on any atom is 0.330 e. The molecule has 0 spiro atoms. The maximum atomic E-state index is 13.3. The quantitative estimate of drug-likeness (QED) is 0.504. The van der Waals surface area contributed by atoms with E-state index in [-0.39, 0.29) is 23.8 Å². The van der Waals surface area contributed by atoms with E-state index in [0.29, 0.717) is 19.5 Å². The van der Waals surface area contributed by atoms with E-state index < -0.39 is 11.2 Å². The van der Waals surface area contributed by atoms with Crippen LogP contribution in [0.5, 0.6) is 0 Å². The van der Waals surface area contributed by atoms with Crippen LogP contribution in [0.4, 0.5) is 11.5 Å². The van der Waals surface area contributed by atoms with Gasteiger partial charge in [0.1, 0.15) is 5.82 Å². The van der Waals surface area contributed by atoms with Crippen LogP contribution in [0.2, 0.25) is 0 Å². The molecule has 0 atom stereocenters.